The van der Waals surface area contributed by atoms with Crippen molar-refractivity contribution in [3.8, 4) is 0 Å². The third-order valence-electron chi connectivity index (χ3n) is 3.42. The summed E-state index contributed by atoms with van der Waals surface area (Å²) in [4.78, 5) is 10.4. The van der Waals surface area contributed by atoms with Crippen molar-refractivity contribution < 1.29 is 4.92 Å². The molecule has 0 fully saturated rings. The minimum atomic E-state index is -0.380. The largest absolute Gasteiger partial charge is 0.271 e. The van der Waals surface area contributed by atoms with Crippen LogP contribution in [0.15, 0.2) is 24.4 Å². The summed E-state index contributed by atoms with van der Waals surface area (Å²) in [6, 6.07) is 4.83. The number of nitrogens with zero attached hydrogens (tertiary/aromatic N) is 3. The Morgan fingerprint density at radius 2 is 2.21 bits per heavy atom. The molecule has 0 bridgehead atoms. The minimum Gasteiger partial charge on any atom is -0.264 e. The first-order chi connectivity index (χ1) is 9.02. The van der Waals surface area contributed by atoms with E-state index in [0.29, 0.717) is 11.8 Å². The smallest absolute Gasteiger partial charge is 0.264 e. The van der Waals surface area contributed by atoms with E-state index < -0.39 is 0 Å². The molecule has 2 aromatic rings. The molecule has 0 aliphatic carbocycles. The topological polar surface area (TPSA) is 61.0 Å². The van der Waals surface area contributed by atoms with E-state index >= 15 is 0 Å². The van der Waals surface area contributed by atoms with Crippen molar-refractivity contribution in [1.29, 1.82) is 0 Å². The van der Waals surface area contributed by atoms with Crippen molar-refractivity contribution in [1.82, 2.24) is 9.78 Å². The van der Waals surface area contributed by atoms with E-state index in [-0.39, 0.29) is 10.6 Å². The van der Waals surface area contributed by atoms with Crippen molar-refractivity contribution >= 4 is 29.2 Å². The molecule has 0 aliphatic heterocycles. The van der Waals surface area contributed by atoms with Crippen LogP contribution in [0.1, 0.15) is 13.8 Å². The molecular weight excluding hydrogens is 262 g/mol. The molecule has 1 aromatic heterocycles. The molecule has 19 heavy (non-hydrogen) atoms. The van der Waals surface area contributed by atoms with Crippen LogP contribution in [0.5, 0.6) is 0 Å². The number of rotatable bonds is 5. The van der Waals surface area contributed by atoms with Gasteiger partial charge in [-0.2, -0.15) is 17.7 Å². The summed E-state index contributed by atoms with van der Waals surface area (Å²) in [5, 5.41) is 16.1. The molecule has 1 atom stereocenters. The number of hydrogen-bond donors (Lipinski definition) is 1. The molecule has 0 saturated carbocycles. The van der Waals surface area contributed by atoms with Gasteiger partial charge in [-0.25, -0.2) is 0 Å². The van der Waals surface area contributed by atoms with Crippen LogP contribution in [0.4, 0.5) is 5.69 Å². The normalized spacial score (nSPS) is 13.1. The number of non-ortho nitro benzene ring substituents is 1. The molecule has 1 heterocycles. The zero-order chi connectivity index (χ0) is 14.0. The van der Waals surface area contributed by atoms with Gasteiger partial charge in [-0.3, -0.25) is 14.8 Å². The molecule has 1 aromatic carbocycles. The van der Waals surface area contributed by atoms with Crippen LogP contribution in [-0.4, -0.2) is 20.5 Å². The number of hydrogen-bond acceptors (Lipinski definition) is 4. The summed E-state index contributed by atoms with van der Waals surface area (Å²) in [5.41, 5.74) is 0.905. The first kappa shape index (κ1) is 13.9. The summed E-state index contributed by atoms with van der Waals surface area (Å²) in [6.07, 6.45) is 1.75. The summed E-state index contributed by atoms with van der Waals surface area (Å²) < 4.78 is 1.84. The highest BCUT2D eigenvalue weighted by Crippen LogP contribution is 2.23. The van der Waals surface area contributed by atoms with Crippen molar-refractivity contribution in [3.05, 3.63) is 34.5 Å². The maximum atomic E-state index is 10.8. The number of aromatic nitrogens is 2. The maximum absolute atomic E-state index is 10.8. The summed E-state index contributed by atoms with van der Waals surface area (Å²) in [6.45, 7) is 5.02. The highest BCUT2D eigenvalue weighted by atomic mass is 32.1. The van der Waals surface area contributed by atoms with Crippen LogP contribution >= 0.6 is 12.6 Å². The average molecular weight is 279 g/mol. The average Bonchev–Trinajstić information content (AvgIpc) is 2.77. The fourth-order valence-electron chi connectivity index (χ4n) is 2.02. The molecule has 0 amide bonds. The van der Waals surface area contributed by atoms with Crippen LogP contribution in [-0.2, 0) is 6.54 Å². The fraction of sp³-hybridized carbons (Fsp3) is 0.462. The standard InChI is InChI=1S/C13H17N3O2S/c1-9(2)11(8-19)7-15-13-5-12(16(17)18)4-3-10(13)6-14-15/h3-6,9,11,19H,7-8H2,1-2H3. The third kappa shape index (κ3) is 2.89. The lowest BCUT2D eigenvalue weighted by atomic mass is 9.98. The molecule has 0 spiro atoms. The highest BCUT2D eigenvalue weighted by molar-refractivity contribution is 7.80. The van der Waals surface area contributed by atoms with E-state index in [1.165, 1.54) is 6.07 Å². The van der Waals surface area contributed by atoms with Crippen molar-refractivity contribution in [2.75, 3.05) is 5.75 Å². The second-order valence-electron chi connectivity index (χ2n) is 5.01. The number of nitro groups is 1. The van der Waals surface area contributed by atoms with E-state index in [2.05, 4.69) is 31.6 Å². The molecule has 2 rings (SSSR count). The van der Waals surface area contributed by atoms with Gasteiger partial charge in [0.2, 0.25) is 0 Å². The monoisotopic (exact) mass is 279 g/mol. The molecule has 0 radical (unpaired) electrons. The second-order valence-corrected chi connectivity index (χ2v) is 5.38. The Morgan fingerprint density at radius 3 is 2.79 bits per heavy atom. The molecule has 0 aliphatic rings. The summed E-state index contributed by atoms with van der Waals surface area (Å²) in [5.74, 6) is 1.66. The lowest BCUT2D eigenvalue weighted by Gasteiger charge is -2.18. The molecule has 6 heteroatoms. The van der Waals surface area contributed by atoms with Crippen LogP contribution < -0.4 is 0 Å². The van der Waals surface area contributed by atoms with E-state index in [1.807, 2.05) is 4.68 Å². The van der Waals surface area contributed by atoms with Gasteiger partial charge in [-0.05, 0) is 23.7 Å². The van der Waals surface area contributed by atoms with E-state index in [1.54, 1.807) is 18.3 Å². The number of thiol groups is 1. The molecular formula is C13H17N3O2S. The third-order valence-corrected chi connectivity index (χ3v) is 3.89. The van der Waals surface area contributed by atoms with Gasteiger partial charge >= 0.3 is 0 Å². The Kier molecular flexibility index (Phi) is 4.09. The first-order valence-electron chi connectivity index (χ1n) is 6.23. The predicted octanol–water partition coefficient (Wildman–Crippen LogP) is 3.15. The quantitative estimate of drug-likeness (QED) is 0.519. The van der Waals surface area contributed by atoms with E-state index in [0.717, 1.165) is 23.2 Å². The molecule has 1 unspecified atom stereocenters. The second kappa shape index (κ2) is 5.61. The van der Waals surface area contributed by atoms with Crippen LogP contribution in [0.25, 0.3) is 10.9 Å². The molecule has 102 valence electrons. The van der Waals surface area contributed by atoms with Gasteiger partial charge in [0.15, 0.2) is 0 Å². The lowest BCUT2D eigenvalue weighted by molar-refractivity contribution is -0.384. The highest BCUT2D eigenvalue weighted by Gasteiger charge is 2.16. The number of fused-ring (bicyclic) bond motifs is 1. The number of benzene rings is 1. The zero-order valence-electron chi connectivity index (χ0n) is 11.0. The molecule has 5 nitrogen and oxygen atoms in total. The van der Waals surface area contributed by atoms with Crippen molar-refractivity contribution in [3.63, 3.8) is 0 Å². The van der Waals surface area contributed by atoms with Gasteiger partial charge < -0.3 is 0 Å². The summed E-state index contributed by atoms with van der Waals surface area (Å²) in [7, 11) is 0. The SMILES string of the molecule is CC(C)C(CS)Cn1ncc2ccc([N+](=O)[O-])cc21. The van der Waals surface area contributed by atoms with Gasteiger partial charge in [0.05, 0.1) is 16.6 Å². The van der Waals surface area contributed by atoms with Gasteiger partial charge in [0.25, 0.3) is 5.69 Å². The first-order valence-corrected chi connectivity index (χ1v) is 6.87. The maximum Gasteiger partial charge on any atom is 0.271 e. The van der Waals surface area contributed by atoms with Gasteiger partial charge in [-0.1, -0.05) is 13.8 Å². The summed E-state index contributed by atoms with van der Waals surface area (Å²) >= 11 is 4.36. The predicted molar refractivity (Wildman–Crippen MR) is 78.6 cm³/mol. The Bertz CT molecular complexity index is 595. The van der Waals surface area contributed by atoms with Gasteiger partial charge in [0, 0.05) is 24.1 Å². The Hall–Kier alpha value is -1.56. The Balaban J connectivity index is 2.38. The van der Waals surface area contributed by atoms with Crippen molar-refractivity contribution in [2.45, 2.75) is 20.4 Å². The van der Waals surface area contributed by atoms with Crippen LogP contribution in [0, 0.1) is 22.0 Å². The van der Waals surface area contributed by atoms with E-state index in [9.17, 15) is 10.1 Å². The van der Waals surface area contributed by atoms with Gasteiger partial charge in [0.1, 0.15) is 0 Å². The van der Waals surface area contributed by atoms with E-state index in [4.69, 9.17) is 0 Å². The van der Waals surface area contributed by atoms with Crippen LogP contribution in [0.3, 0.4) is 0 Å². The lowest BCUT2D eigenvalue weighted by Crippen LogP contribution is -2.18. The number of nitro benzene ring substituents is 1. The Labute approximate surface area is 117 Å². The minimum absolute atomic E-state index is 0.0984. The van der Waals surface area contributed by atoms with Crippen molar-refractivity contribution in [2.24, 2.45) is 11.8 Å². The molecule has 0 N–H and O–H groups in total. The molecule has 0 saturated heterocycles. The fourth-order valence-corrected chi connectivity index (χ4v) is 2.56. The Morgan fingerprint density at radius 1 is 1.47 bits per heavy atom. The van der Waals surface area contributed by atoms with Crippen LogP contribution in [0.2, 0.25) is 0 Å². The van der Waals surface area contributed by atoms with Gasteiger partial charge in [-0.15, -0.1) is 0 Å². The zero-order valence-corrected chi connectivity index (χ0v) is 11.9.